The van der Waals surface area contributed by atoms with E-state index in [9.17, 15) is 0 Å². The number of piperazine rings is 1. The van der Waals surface area contributed by atoms with E-state index in [-0.39, 0.29) is 0 Å². The van der Waals surface area contributed by atoms with Crippen molar-refractivity contribution >= 4 is 0 Å². The molecule has 1 atom stereocenters. The number of hydrogen-bond donors (Lipinski definition) is 0. The summed E-state index contributed by atoms with van der Waals surface area (Å²) in [6.45, 7) is 20.4. The molecule has 0 aromatic heterocycles. The molecular weight excluding hydrogens is 250 g/mol. The van der Waals surface area contributed by atoms with E-state index in [4.69, 9.17) is 4.74 Å². The molecule has 0 N–H and O–H groups in total. The van der Waals surface area contributed by atoms with Gasteiger partial charge < -0.3 is 4.74 Å². The number of morpholine rings is 1. The van der Waals surface area contributed by atoms with E-state index in [0.717, 1.165) is 26.2 Å². The van der Waals surface area contributed by atoms with E-state index in [1.165, 1.54) is 26.2 Å². The molecule has 0 bridgehead atoms. The Morgan fingerprint density at radius 1 is 1.05 bits per heavy atom. The summed E-state index contributed by atoms with van der Waals surface area (Å²) in [5.41, 5.74) is 0.307. The SMILES string of the molecule is CC(C)N1CCO[C@H](CN2CCN(C(C)(C)C)CC2)C1. The van der Waals surface area contributed by atoms with E-state index in [2.05, 4.69) is 49.3 Å². The molecule has 0 saturated carbocycles. The first-order valence-electron chi connectivity index (χ1n) is 8.19. The second-order valence-corrected chi connectivity index (χ2v) is 7.54. The molecule has 2 heterocycles. The van der Waals surface area contributed by atoms with E-state index >= 15 is 0 Å². The van der Waals surface area contributed by atoms with Crippen LogP contribution in [0.5, 0.6) is 0 Å². The Morgan fingerprint density at radius 3 is 2.25 bits per heavy atom. The monoisotopic (exact) mass is 283 g/mol. The molecule has 0 aliphatic carbocycles. The van der Waals surface area contributed by atoms with Gasteiger partial charge in [-0.15, -0.1) is 0 Å². The van der Waals surface area contributed by atoms with Crippen LogP contribution in [0, 0.1) is 0 Å². The van der Waals surface area contributed by atoms with Crippen molar-refractivity contribution in [1.29, 1.82) is 0 Å². The second kappa shape index (κ2) is 6.73. The van der Waals surface area contributed by atoms with Gasteiger partial charge in [0.2, 0.25) is 0 Å². The van der Waals surface area contributed by atoms with Crippen LogP contribution >= 0.6 is 0 Å². The van der Waals surface area contributed by atoms with Crippen LogP contribution in [0.4, 0.5) is 0 Å². The Hall–Kier alpha value is -0.160. The van der Waals surface area contributed by atoms with Crippen molar-refractivity contribution < 1.29 is 4.74 Å². The molecule has 4 nitrogen and oxygen atoms in total. The van der Waals surface area contributed by atoms with Crippen LogP contribution in [0.1, 0.15) is 34.6 Å². The molecule has 0 amide bonds. The highest BCUT2D eigenvalue weighted by molar-refractivity contribution is 4.84. The van der Waals surface area contributed by atoms with Gasteiger partial charge in [-0.05, 0) is 34.6 Å². The molecule has 2 aliphatic heterocycles. The zero-order chi connectivity index (χ0) is 14.8. The van der Waals surface area contributed by atoms with Crippen molar-refractivity contribution in [2.24, 2.45) is 0 Å². The fraction of sp³-hybridized carbons (Fsp3) is 1.00. The highest BCUT2D eigenvalue weighted by Gasteiger charge is 2.28. The van der Waals surface area contributed by atoms with E-state index in [1.54, 1.807) is 0 Å². The highest BCUT2D eigenvalue weighted by Crippen LogP contribution is 2.17. The molecule has 0 radical (unpaired) electrons. The molecule has 0 aromatic rings. The van der Waals surface area contributed by atoms with Crippen LogP contribution in [0.15, 0.2) is 0 Å². The Balaban J connectivity index is 1.75. The summed E-state index contributed by atoms with van der Waals surface area (Å²) >= 11 is 0. The van der Waals surface area contributed by atoms with Gasteiger partial charge in [-0.1, -0.05) is 0 Å². The fourth-order valence-electron chi connectivity index (χ4n) is 3.21. The van der Waals surface area contributed by atoms with Crippen molar-refractivity contribution in [3.63, 3.8) is 0 Å². The van der Waals surface area contributed by atoms with Gasteiger partial charge in [0, 0.05) is 57.4 Å². The number of ether oxygens (including phenoxy) is 1. The van der Waals surface area contributed by atoms with Crippen molar-refractivity contribution in [3.8, 4) is 0 Å². The largest absolute Gasteiger partial charge is 0.374 e. The Labute approximate surface area is 125 Å². The third-order valence-electron chi connectivity index (χ3n) is 4.68. The van der Waals surface area contributed by atoms with Gasteiger partial charge >= 0.3 is 0 Å². The van der Waals surface area contributed by atoms with Crippen LogP contribution in [0.25, 0.3) is 0 Å². The van der Waals surface area contributed by atoms with E-state index < -0.39 is 0 Å². The molecular formula is C16H33N3O. The minimum atomic E-state index is 0.307. The maximum absolute atomic E-state index is 5.96. The van der Waals surface area contributed by atoms with Crippen LogP contribution < -0.4 is 0 Å². The number of nitrogens with zero attached hydrogens (tertiary/aromatic N) is 3. The fourth-order valence-corrected chi connectivity index (χ4v) is 3.21. The van der Waals surface area contributed by atoms with Gasteiger partial charge in [0.1, 0.15) is 0 Å². The van der Waals surface area contributed by atoms with Crippen molar-refractivity contribution in [2.45, 2.75) is 52.3 Å². The topological polar surface area (TPSA) is 19.0 Å². The second-order valence-electron chi connectivity index (χ2n) is 7.54. The molecule has 4 heteroatoms. The first kappa shape index (κ1) is 16.2. The van der Waals surface area contributed by atoms with Gasteiger partial charge in [-0.3, -0.25) is 14.7 Å². The van der Waals surface area contributed by atoms with E-state index in [1.807, 2.05) is 0 Å². The van der Waals surface area contributed by atoms with Crippen molar-refractivity contribution in [2.75, 3.05) is 52.4 Å². The zero-order valence-electron chi connectivity index (χ0n) is 14.1. The molecule has 0 unspecified atom stereocenters. The molecule has 0 aromatic carbocycles. The third kappa shape index (κ3) is 4.42. The minimum Gasteiger partial charge on any atom is -0.374 e. The standard InChI is InChI=1S/C16H33N3O/c1-14(2)18-10-11-20-15(13-18)12-17-6-8-19(9-7-17)16(3,4)5/h14-15H,6-13H2,1-5H3/t15-/m1/s1. The first-order chi connectivity index (χ1) is 9.36. The zero-order valence-corrected chi connectivity index (χ0v) is 14.1. The number of hydrogen-bond acceptors (Lipinski definition) is 4. The smallest absolute Gasteiger partial charge is 0.0829 e. The summed E-state index contributed by atoms with van der Waals surface area (Å²) in [5, 5.41) is 0. The maximum Gasteiger partial charge on any atom is 0.0829 e. The summed E-state index contributed by atoms with van der Waals surface area (Å²) in [6.07, 6.45) is 0.396. The lowest BCUT2D eigenvalue weighted by molar-refractivity contribution is -0.0591. The van der Waals surface area contributed by atoms with Gasteiger partial charge in [-0.2, -0.15) is 0 Å². The quantitative estimate of drug-likeness (QED) is 0.781. The van der Waals surface area contributed by atoms with Gasteiger partial charge in [0.15, 0.2) is 0 Å². The minimum absolute atomic E-state index is 0.307. The lowest BCUT2D eigenvalue weighted by Crippen LogP contribution is -2.56. The molecule has 2 aliphatic rings. The molecule has 0 spiro atoms. The molecule has 20 heavy (non-hydrogen) atoms. The van der Waals surface area contributed by atoms with E-state index in [0.29, 0.717) is 17.7 Å². The first-order valence-corrected chi connectivity index (χ1v) is 8.19. The summed E-state index contributed by atoms with van der Waals surface area (Å²) in [7, 11) is 0. The van der Waals surface area contributed by atoms with Gasteiger partial charge in [0.25, 0.3) is 0 Å². The van der Waals surface area contributed by atoms with Crippen molar-refractivity contribution in [1.82, 2.24) is 14.7 Å². The van der Waals surface area contributed by atoms with Gasteiger partial charge in [-0.25, -0.2) is 0 Å². The van der Waals surface area contributed by atoms with Crippen molar-refractivity contribution in [3.05, 3.63) is 0 Å². The summed E-state index contributed by atoms with van der Waals surface area (Å²) < 4.78 is 5.96. The number of rotatable bonds is 3. The molecule has 118 valence electrons. The van der Waals surface area contributed by atoms with Crippen LogP contribution in [-0.4, -0.2) is 84.8 Å². The Morgan fingerprint density at radius 2 is 1.70 bits per heavy atom. The summed E-state index contributed by atoms with van der Waals surface area (Å²) in [6, 6.07) is 0.638. The Kier molecular flexibility index (Phi) is 5.46. The average Bonchev–Trinajstić information content (AvgIpc) is 2.38. The van der Waals surface area contributed by atoms with Crippen LogP contribution in [-0.2, 0) is 4.74 Å². The average molecular weight is 283 g/mol. The van der Waals surface area contributed by atoms with Crippen LogP contribution in [0.3, 0.4) is 0 Å². The normalized spacial score (nSPS) is 28.2. The lowest BCUT2D eigenvalue weighted by atomic mass is 10.0. The molecule has 2 fully saturated rings. The van der Waals surface area contributed by atoms with Crippen LogP contribution in [0.2, 0.25) is 0 Å². The Bertz CT molecular complexity index is 293. The maximum atomic E-state index is 5.96. The molecule has 2 saturated heterocycles. The molecule has 2 rings (SSSR count). The highest BCUT2D eigenvalue weighted by atomic mass is 16.5. The predicted octanol–water partition coefficient (Wildman–Crippen LogP) is 1.51. The summed E-state index contributed by atoms with van der Waals surface area (Å²) in [4.78, 5) is 7.71. The predicted molar refractivity (Wildman–Crippen MR) is 84.2 cm³/mol. The summed E-state index contributed by atoms with van der Waals surface area (Å²) in [5.74, 6) is 0. The third-order valence-corrected chi connectivity index (χ3v) is 4.68. The lowest BCUT2D eigenvalue weighted by Gasteiger charge is -2.44. The van der Waals surface area contributed by atoms with Gasteiger partial charge in [0.05, 0.1) is 12.7 Å².